The van der Waals surface area contributed by atoms with E-state index < -0.39 is 5.97 Å². The van der Waals surface area contributed by atoms with E-state index in [1.165, 1.54) is 0 Å². The average molecular weight is 283 g/mol. The average Bonchev–Trinajstić information content (AvgIpc) is 3.15. The highest BCUT2D eigenvalue weighted by molar-refractivity contribution is 6.08. The molecule has 4 rings (SSSR count). The third-order valence-corrected chi connectivity index (χ3v) is 4.00. The fourth-order valence-electron chi connectivity index (χ4n) is 2.93. The standard InChI is InChI=1S/C14H13N5O2/c20-14(21)8-3-6-19(7-8)13-11-9-1-4-15-12(9)18-17-10(11)2-5-16-13/h1-2,4-5,8H,3,6-7H2,(H,15,18)(H,20,21). The van der Waals surface area contributed by atoms with Crippen LogP contribution in [0.1, 0.15) is 6.42 Å². The lowest BCUT2D eigenvalue weighted by Crippen LogP contribution is -2.23. The van der Waals surface area contributed by atoms with Gasteiger partial charge in [-0.2, -0.15) is 0 Å². The molecule has 3 aromatic heterocycles. The first-order chi connectivity index (χ1) is 10.2. The monoisotopic (exact) mass is 283 g/mol. The molecule has 7 nitrogen and oxygen atoms in total. The lowest BCUT2D eigenvalue weighted by molar-refractivity contribution is -0.140. The lowest BCUT2D eigenvalue weighted by Gasteiger charge is -2.18. The maximum absolute atomic E-state index is 11.1. The highest BCUT2D eigenvalue weighted by Crippen LogP contribution is 2.32. The molecule has 0 aliphatic carbocycles. The Morgan fingerprint density at radius 2 is 2.29 bits per heavy atom. The molecule has 0 saturated carbocycles. The molecule has 4 heterocycles. The summed E-state index contributed by atoms with van der Waals surface area (Å²) in [4.78, 5) is 20.7. The Labute approximate surface area is 119 Å². The quantitative estimate of drug-likeness (QED) is 0.738. The van der Waals surface area contributed by atoms with Crippen molar-refractivity contribution in [2.75, 3.05) is 18.0 Å². The molecule has 1 aliphatic rings. The van der Waals surface area contributed by atoms with Crippen LogP contribution in [0.25, 0.3) is 21.9 Å². The normalized spacial score (nSPS) is 18.7. The van der Waals surface area contributed by atoms with E-state index in [0.29, 0.717) is 25.2 Å². The number of hydrogen-bond acceptors (Lipinski definition) is 5. The van der Waals surface area contributed by atoms with E-state index in [-0.39, 0.29) is 5.92 Å². The van der Waals surface area contributed by atoms with Crippen molar-refractivity contribution in [1.82, 2.24) is 20.2 Å². The van der Waals surface area contributed by atoms with Crippen molar-refractivity contribution in [3.63, 3.8) is 0 Å². The first-order valence-corrected chi connectivity index (χ1v) is 6.80. The third kappa shape index (κ3) is 1.81. The molecule has 1 atom stereocenters. The number of rotatable bonds is 2. The van der Waals surface area contributed by atoms with Crippen LogP contribution in [0.2, 0.25) is 0 Å². The number of aromatic amines is 1. The number of H-pyrrole nitrogens is 1. The number of nitrogens with one attached hydrogen (secondary N) is 1. The summed E-state index contributed by atoms with van der Waals surface area (Å²) in [5.41, 5.74) is 1.48. The second-order valence-electron chi connectivity index (χ2n) is 5.24. The van der Waals surface area contributed by atoms with Crippen molar-refractivity contribution in [3.05, 3.63) is 24.5 Å². The fourth-order valence-corrected chi connectivity index (χ4v) is 2.93. The van der Waals surface area contributed by atoms with Crippen LogP contribution in [0.4, 0.5) is 5.82 Å². The summed E-state index contributed by atoms with van der Waals surface area (Å²) in [5.74, 6) is -0.293. The van der Waals surface area contributed by atoms with Crippen molar-refractivity contribution < 1.29 is 9.90 Å². The summed E-state index contributed by atoms with van der Waals surface area (Å²) in [6.07, 6.45) is 4.15. The molecule has 21 heavy (non-hydrogen) atoms. The summed E-state index contributed by atoms with van der Waals surface area (Å²) in [6, 6.07) is 3.77. The Morgan fingerprint density at radius 3 is 3.10 bits per heavy atom. The minimum atomic E-state index is -0.746. The van der Waals surface area contributed by atoms with Gasteiger partial charge >= 0.3 is 5.97 Å². The van der Waals surface area contributed by atoms with Crippen molar-refractivity contribution >= 4 is 33.7 Å². The highest BCUT2D eigenvalue weighted by atomic mass is 16.4. The topological polar surface area (TPSA) is 95.0 Å². The van der Waals surface area contributed by atoms with Crippen LogP contribution in [0.5, 0.6) is 0 Å². The molecule has 0 radical (unpaired) electrons. The van der Waals surface area contributed by atoms with Gasteiger partial charge in [0.05, 0.1) is 16.8 Å². The Hall–Kier alpha value is -2.70. The number of fused-ring (bicyclic) bond motifs is 3. The zero-order valence-corrected chi connectivity index (χ0v) is 11.2. The molecular formula is C14H13N5O2. The molecule has 7 heteroatoms. The van der Waals surface area contributed by atoms with E-state index in [0.717, 1.165) is 22.1 Å². The zero-order chi connectivity index (χ0) is 14.4. The first kappa shape index (κ1) is 12.1. The minimum Gasteiger partial charge on any atom is -0.481 e. The van der Waals surface area contributed by atoms with E-state index in [1.54, 1.807) is 6.20 Å². The second kappa shape index (κ2) is 4.41. The van der Waals surface area contributed by atoms with Crippen LogP contribution in [-0.2, 0) is 4.79 Å². The Morgan fingerprint density at radius 1 is 1.38 bits per heavy atom. The number of carboxylic acid groups (broad SMARTS) is 1. The Balaban J connectivity index is 1.89. The number of aromatic nitrogens is 4. The van der Waals surface area contributed by atoms with Crippen LogP contribution in [0, 0.1) is 5.92 Å². The highest BCUT2D eigenvalue weighted by Gasteiger charge is 2.30. The Kier molecular flexibility index (Phi) is 2.53. The largest absolute Gasteiger partial charge is 0.481 e. The molecule has 1 unspecified atom stereocenters. The van der Waals surface area contributed by atoms with E-state index in [1.807, 2.05) is 23.2 Å². The maximum atomic E-state index is 11.1. The third-order valence-electron chi connectivity index (χ3n) is 4.00. The van der Waals surface area contributed by atoms with Gasteiger partial charge in [-0.05, 0) is 18.6 Å². The predicted octanol–water partition coefficient (Wildman–Crippen LogP) is 1.42. The van der Waals surface area contributed by atoms with Gasteiger partial charge in [0, 0.05) is 30.9 Å². The number of aliphatic carboxylic acids is 1. The predicted molar refractivity (Wildman–Crippen MR) is 77.1 cm³/mol. The van der Waals surface area contributed by atoms with Crippen LogP contribution in [0.3, 0.4) is 0 Å². The van der Waals surface area contributed by atoms with E-state index >= 15 is 0 Å². The lowest BCUT2D eigenvalue weighted by atomic mass is 10.1. The van der Waals surface area contributed by atoms with Crippen molar-refractivity contribution in [1.29, 1.82) is 0 Å². The van der Waals surface area contributed by atoms with Gasteiger partial charge < -0.3 is 15.0 Å². The molecule has 3 aromatic rings. The van der Waals surface area contributed by atoms with E-state index in [9.17, 15) is 4.79 Å². The number of carbonyl (C=O) groups is 1. The molecule has 2 N–H and O–H groups in total. The molecule has 0 amide bonds. The first-order valence-electron chi connectivity index (χ1n) is 6.80. The molecular weight excluding hydrogens is 270 g/mol. The number of nitrogens with zero attached hydrogens (tertiary/aromatic N) is 4. The fraction of sp³-hybridized carbons (Fsp3) is 0.286. The number of anilines is 1. The van der Waals surface area contributed by atoms with Gasteiger partial charge in [-0.1, -0.05) is 0 Å². The number of hydrogen-bond donors (Lipinski definition) is 2. The smallest absolute Gasteiger partial charge is 0.308 e. The van der Waals surface area contributed by atoms with Gasteiger partial charge in [0.15, 0.2) is 5.65 Å². The maximum Gasteiger partial charge on any atom is 0.308 e. The summed E-state index contributed by atoms with van der Waals surface area (Å²) < 4.78 is 0. The molecule has 1 fully saturated rings. The molecule has 1 aliphatic heterocycles. The summed E-state index contributed by atoms with van der Waals surface area (Å²) in [6.45, 7) is 1.17. The minimum absolute atomic E-state index is 0.335. The summed E-state index contributed by atoms with van der Waals surface area (Å²) in [7, 11) is 0. The van der Waals surface area contributed by atoms with Crippen molar-refractivity contribution in [3.8, 4) is 0 Å². The van der Waals surface area contributed by atoms with Crippen LogP contribution in [0.15, 0.2) is 24.5 Å². The molecule has 106 valence electrons. The van der Waals surface area contributed by atoms with Crippen molar-refractivity contribution in [2.24, 2.45) is 5.92 Å². The Bertz CT molecular complexity index is 844. The van der Waals surface area contributed by atoms with Crippen molar-refractivity contribution in [2.45, 2.75) is 6.42 Å². The SMILES string of the molecule is O=C(O)C1CCN(c2nccc3nnc4[nH]ccc4c23)C1. The van der Waals surface area contributed by atoms with Gasteiger partial charge in [-0.3, -0.25) is 4.79 Å². The van der Waals surface area contributed by atoms with Crippen LogP contribution >= 0.6 is 0 Å². The summed E-state index contributed by atoms with van der Waals surface area (Å²) in [5, 5.41) is 19.4. The van der Waals surface area contributed by atoms with E-state index in [4.69, 9.17) is 5.11 Å². The van der Waals surface area contributed by atoms with Crippen LogP contribution < -0.4 is 4.90 Å². The van der Waals surface area contributed by atoms with E-state index in [2.05, 4.69) is 20.2 Å². The van der Waals surface area contributed by atoms with Gasteiger partial charge in [0.1, 0.15) is 5.82 Å². The summed E-state index contributed by atoms with van der Waals surface area (Å²) >= 11 is 0. The number of pyridine rings is 1. The second-order valence-corrected chi connectivity index (χ2v) is 5.24. The van der Waals surface area contributed by atoms with Crippen LogP contribution in [-0.4, -0.2) is 44.3 Å². The molecule has 1 saturated heterocycles. The molecule has 0 bridgehead atoms. The molecule has 0 spiro atoms. The van der Waals surface area contributed by atoms with Gasteiger partial charge in [-0.15, -0.1) is 10.2 Å². The van der Waals surface area contributed by atoms with Gasteiger partial charge in [-0.25, -0.2) is 4.98 Å². The van der Waals surface area contributed by atoms with Gasteiger partial charge in [0.2, 0.25) is 0 Å². The number of carboxylic acids is 1. The molecule has 0 aromatic carbocycles. The van der Waals surface area contributed by atoms with Gasteiger partial charge in [0.25, 0.3) is 0 Å². The zero-order valence-electron chi connectivity index (χ0n) is 11.2.